The zero-order chi connectivity index (χ0) is 19.0. The molecule has 27 heavy (non-hydrogen) atoms. The third-order valence-corrected chi connectivity index (χ3v) is 5.23. The van der Waals surface area contributed by atoms with Gasteiger partial charge in [0, 0.05) is 30.4 Å². The minimum atomic E-state index is -0.740. The molecule has 0 spiro atoms. The number of likely N-dealkylation sites (tertiary alicyclic amines) is 1. The second-order valence-electron chi connectivity index (χ2n) is 7.07. The number of nitriles is 1. The molecule has 1 N–H and O–H groups in total. The zero-order valence-electron chi connectivity index (χ0n) is 15.1. The minimum absolute atomic E-state index is 0.0516. The molecule has 4 rings (SSSR count). The fourth-order valence-corrected chi connectivity index (χ4v) is 3.80. The monoisotopic (exact) mass is 363 g/mol. The number of hydrogen-bond acceptors (Lipinski definition) is 5. The number of ether oxygens (including phenoxy) is 1. The van der Waals surface area contributed by atoms with Gasteiger partial charge in [0.2, 0.25) is 0 Å². The van der Waals surface area contributed by atoms with E-state index in [0.29, 0.717) is 22.6 Å². The van der Waals surface area contributed by atoms with Gasteiger partial charge in [-0.15, -0.1) is 0 Å². The average Bonchev–Trinajstić information content (AvgIpc) is 2.96. The summed E-state index contributed by atoms with van der Waals surface area (Å²) < 4.78 is 6.18. The molecule has 0 aliphatic carbocycles. The summed E-state index contributed by atoms with van der Waals surface area (Å²) >= 11 is 0. The molecule has 1 atom stereocenters. The van der Waals surface area contributed by atoms with E-state index in [1.807, 2.05) is 6.07 Å². The lowest BCUT2D eigenvalue weighted by molar-refractivity contribution is 0.0968. The summed E-state index contributed by atoms with van der Waals surface area (Å²) in [6.45, 7) is 1.92. The number of amides is 1. The normalized spacial score (nSPS) is 20.4. The van der Waals surface area contributed by atoms with Crippen LogP contribution in [0.25, 0.3) is 0 Å². The Hall–Kier alpha value is -3.04. The van der Waals surface area contributed by atoms with Gasteiger partial charge in [-0.05, 0) is 38.1 Å². The minimum Gasteiger partial charge on any atom is -0.508 e. The van der Waals surface area contributed by atoms with Gasteiger partial charge in [0.15, 0.2) is 6.04 Å². The van der Waals surface area contributed by atoms with Gasteiger partial charge in [0.25, 0.3) is 5.91 Å². The number of phenolic OH excluding ortho intramolecular Hbond substituents is 1. The first-order chi connectivity index (χ1) is 13.1. The lowest BCUT2D eigenvalue weighted by Gasteiger charge is -2.29. The molecule has 1 fully saturated rings. The Kier molecular flexibility index (Phi) is 4.46. The van der Waals surface area contributed by atoms with E-state index in [9.17, 15) is 15.2 Å². The third-order valence-electron chi connectivity index (χ3n) is 5.23. The highest BCUT2D eigenvalue weighted by atomic mass is 16.5. The molecule has 0 bridgehead atoms. The number of benzene rings is 2. The SMILES string of the molecule is CN1CCC(Oc2cccc3c2C(=O)N(c2cccc(O)c2)C3C#N)CC1. The fourth-order valence-electron chi connectivity index (χ4n) is 3.80. The van der Waals surface area contributed by atoms with Gasteiger partial charge < -0.3 is 14.7 Å². The van der Waals surface area contributed by atoms with E-state index in [2.05, 4.69) is 18.0 Å². The van der Waals surface area contributed by atoms with Crippen LogP contribution in [0.2, 0.25) is 0 Å². The molecule has 2 aliphatic rings. The van der Waals surface area contributed by atoms with Crippen LogP contribution < -0.4 is 9.64 Å². The molecule has 1 saturated heterocycles. The van der Waals surface area contributed by atoms with Crippen LogP contribution in [0.4, 0.5) is 5.69 Å². The van der Waals surface area contributed by atoms with E-state index in [1.165, 1.54) is 17.0 Å². The second kappa shape index (κ2) is 6.93. The summed E-state index contributed by atoms with van der Waals surface area (Å²) in [5.74, 6) is 0.316. The number of piperidine rings is 1. The molecule has 2 aromatic carbocycles. The number of hydrogen-bond donors (Lipinski definition) is 1. The fraction of sp³-hybridized carbons (Fsp3) is 0.333. The Morgan fingerprint density at radius 3 is 2.63 bits per heavy atom. The number of nitrogens with zero attached hydrogens (tertiary/aromatic N) is 3. The summed E-state index contributed by atoms with van der Waals surface area (Å²) in [6, 6.07) is 13.3. The number of aromatic hydroxyl groups is 1. The highest BCUT2D eigenvalue weighted by Gasteiger charge is 2.40. The molecule has 2 aliphatic heterocycles. The first kappa shape index (κ1) is 17.4. The lowest BCUT2D eigenvalue weighted by atomic mass is 10.0. The van der Waals surface area contributed by atoms with E-state index >= 15 is 0 Å². The molecule has 6 heteroatoms. The lowest BCUT2D eigenvalue weighted by Crippen LogP contribution is -2.36. The molecular formula is C21H21N3O3. The predicted octanol–water partition coefficient (Wildman–Crippen LogP) is 3.09. The van der Waals surface area contributed by atoms with Crippen molar-refractivity contribution in [3.63, 3.8) is 0 Å². The predicted molar refractivity (Wildman–Crippen MR) is 101 cm³/mol. The Balaban J connectivity index is 1.69. The zero-order valence-corrected chi connectivity index (χ0v) is 15.1. The van der Waals surface area contributed by atoms with Crippen LogP contribution in [0.5, 0.6) is 11.5 Å². The molecular weight excluding hydrogens is 342 g/mol. The quantitative estimate of drug-likeness (QED) is 0.907. The van der Waals surface area contributed by atoms with Crippen LogP contribution in [0.15, 0.2) is 42.5 Å². The van der Waals surface area contributed by atoms with Crippen molar-refractivity contribution in [3.8, 4) is 17.6 Å². The molecule has 0 aromatic heterocycles. The first-order valence-corrected chi connectivity index (χ1v) is 9.09. The van der Waals surface area contributed by atoms with Crippen LogP contribution in [-0.4, -0.2) is 42.2 Å². The highest BCUT2D eigenvalue weighted by molar-refractivity contribution is 6.13. The number of anilines is 1. The molecule has 2 aromatic rings. The van der Waals surface area contributed by atoms with Crippen LogP contribution in [0, 0.1) is 11.3 Å². The maximum Gasteiger partial charge on any atom is 0.263 e. The number of rotatable bonds is 3. The molecule has 1 amide bonds. The molecule has 0 saturated carbocycles. The van der Waals surface area contributed by atoms with Crippen LogP contribution in [0.3, 0.4) is 0 Å². The summed E-state index contributed by atoms with van der Waals surface area (Å²) in [4.78, 5) is 16.9. The Morgan fingerprint density at radius 1 is 1.19 bits per heavy atom. The van der Waals surface area contributed by atoms with Crippen molar-refractivity contribution >= 4 is 11.6 Å². The Morgan fingerprint density at radius 2 is 1.93 bits per heavy atom. The van der Waals surface area contributed by atoms with E-state index < -0.39 is 6.04 Å². The Bertz CT molecular complexity index is 913. The van der Waals surface area contributed by atoms with Gasteiger partial charge in [-0.25, -0.2) is 0 Å². The largest absolute Gasteiger partial charge is 0.508 e. The summed E-state index contributed by atoms with van der Waals surface area (Å²) in [7, 11) is 2.09. The van der Waals surface area contributed by atoms with Crippen LogP contribution >= 0.6 is 0 Å². The van der Waals surface area contributed by atoms with E-state index in [0.717, 1.165) is 25.9 Å². The van der Waals surface area contributed by atoms with Crippen molar-refractivity contribution in [3.05, 3.63) is 53.6 Å². The van der Waals surface area contributed by atoms with Crippen molar-refractivity contribution < 1.29 is 14.6 Å². The van der Waals surface area contributed by atoms with E-state index in [4.69, 9.17) is 4.74 Å². The van der Waals surface area contributed by atoms with Crippen molar-refractivity contribution in [1.29, 1.82) is 5.26 Å². The van der Waals surface area contributed by atoms with E-state index in [-0.39, 0.29) is 17.8 Å². The van der Waals surface area contributed by atoms with Gasteiger partial charge >= 0.3 is 0 Å². The van der Waals surface area contributed by atoms with Gasteiger partial charge in [-0.1, -0.05) is 18.2 Å². The highest BCUT2D eigenvalue weighted by Crippen LogP contribution is 2.42. The second-order valence-corrected chi connectivity index (χ2v) is 7.07. The smallest absolute Gasteiger partial charge is 0.263 e. The molecule has 2 heterocycles. The van der Waals surface area contributed by atoms with Gasteiger partial charge in [-0.3, -0.25) is 9.69 Å². The van der Waals surface area contributed by atoms with Crippen molar-refractivity contribution in [2.45, 2.75) is 25.0 Å². The Labute approximate surface area is 158 Å². The van der Waals surface area contributed by atoms with Gasteiger partial charge in [0.05, 0.1) is 11.6 Å². The van der Waals surface area contributed by atoms with Crippen LogP contribution in [-0.2, 0) is 0 Å². The molecule has 6 nitrogen and oxygen atoms in total. The standard InChI is InChI=1S/C21H21N3O3/c1-23-10-8-16(9-11-23)27-19-7-3-6-17-18(13-22)24(21(26)20(17)19)14-4-2-5-15(25)12-14/h2-7,12,16,18,25H,8-11H2,1H3. The number of carbonyl (C=O) groups is 1. The number of phenols is 1. The average molecular weight is 363 g/mol. The van der Waals surface area contributed by atoms with Gasteiger partial charge in [0.1, 0.15) is 17.6 Å². The molecule has 1 unspecified atom stereocenters. The van der Waals surface area contributed by atoms with Crippen molar-refractivity contribution in [2.75, 3.05) is 25.0 Å². The van der Waals surface area contributed by atoms with E-state index in [1.54, 1.807) is 24.3 Å². The summed E-state index contributed by atoms with van der Waals surface area (Å²) in [5, 5.41) is 19.5. The molecule has 138 valence electrons. The number of fused-ring (bicyclic) bond motifs is 1. The third kappa shape index (κ3) is 3.11. The van der Waals surface area contributed by atoms with Gasteiger partial charge in [-0.2, -0.15) is 5.26 Å². The maximum absolute atomic E-state index is 13.2. The van der Waals surface area contributed by atoms with Crippen molar-refractivity contribution in [2.24, 2.45) is 0 Å². The topological polar surface area (TPSA) is 76.8 Å². The summed E-state index contributed by atoms with van der Waals surface area (Å²) in [6.07, 6.45) is 1.88. The molecule has 0 radical (unpaired) electrons. The number of carbonyl (C=O) groups excluding carboxylic acids is 1. The first-order valence-electron chi connectivity index (χ1n) is 9.09. The van der Waals surface area contributed by atoms with Crippen molar-refractivity contribution in [1.82, 2.24) is 4.90 Å². The summed E-state index contributed by atoms with van der Waals surface area (Å²) in [5.41, 5.74) is 1.59. The van der Waals surface area contributed by atoms with Crippen LogP contribution in [0.1, 0.15) is 34.8 Å². The maximum atomic E-state index is 13.2.